The molecule has 0 unspecified atom stereocenters. The van der Waals surface area contributed by atoms with Crippen molar-refractivity contribution in [3.05, 3.63) is 29.8 Å². The van der Waals surface area contributed by atoms with Crippen molar-refractivity contribution in [3.63, 3.8) is 0 Å². The van der Waals surface area contributed by atoms with Crippen LogP contribution in [0.1, 0.15) is 29.6 Å². The average molecular weight is 234 g/mol. The van der Waals surface area contributed by atoms with Gasteiger partial charge in [0.15, 0.2) is 0 Å². The van der Waals surface area contributed by atoms with Crippen LogP contribution in [0, 0.1) is 0 Å². The highest BCUT2D eigenvalue weighted by Gasteiger charge is 2.32. The number of nitrogens with one attached hydrogen (secondary N) is 1. The summed E-state index contributed by atoms with van der Waals surface area (Å²) >= 11 is 0. The lowest BCUT2D eigenvalue weighted by molar-refractivity contribution is 0.0927. The topological polar surface area (TPSA) is 64.3 Å². The van der Waals surface area contributed by atoms with E-state index in [0.29, 0.717) is 17.9 Å². The maximum absolute atomic E-state index is 12.0. The second-order valence-corrected chi connectivity index (χ2v) is 4.60. The number of hydrogen-bond donors (Lipinski definition) is 2. The molecule has 0 atom stereocenters. The highest BCUT2D eigenvalue weighted by Crippen LogP contribution is 2.28. The van der Waals surface area contributed by atoms with Crippen LogP contribution >= 0.6 is 0 Å². The maximum Gasteiger partial charge on any atom is 0.255 e. The Morgan fingerprint density at radius 2 is 2.18 bits per heavy atom. The van der Waals surface area contributed by atoms with Gasteiger partial charge in [0.25, 0.3) is 5.91 Å². The number of hydrogen-bond acceptors (Lipinski definition) is 3. The molecule has 3 N–H and O–H groups in total. The predicted octanol–water partition coefficient (Wildman–Crippen LogP) is 1.31. The molecule has 0 aromatic heterocycles. The van der Waals surface area contributed by atoms with Crippen molar-refractivity contribution in [2.45, 2.75) is 24.8 Å². The molecular weight excluding hydrogens is 216 g/mol. The lowest BCUT2D eigenvalue weighted by atomic mass is 9.78. The lowest BCUT2D eigenvalue weighted by Crippen LogP contribution is -2.54. The molecule has 0 heterocycles. The zero-order valence-electron chi connectivity index (χ0n) is 10.0. The first-order valence-electron chi connectivity index (χ1n) is 5.85. The molecule has 1 amide bonds. The molecule has 1 aliphatic rings. The van der Waals surface area contributed by atoms with Gasteiger partial charge in [0.2, 0.25) is 0 Å². The summed E-state index contributed by atoms with van der Waals surface area (Å²) in [6.45, 7) is 0.532. The highest BCUT2D eigenvalue weighted by atomic mass is 16.5. The van der Waals surface area contributed by atoms with Crippen molar-refractivity contribution in [1.29, 1.82) is 0 Å². The largest absolute Gasteiger partial charge is 0.496 e. The van der Waals surface area contributed by atoms with E-state index < -0.39 is 0 Å². The van der Waals surface area contributed by atoms with Gasteiger partial charge in [-0.3, -0.25) is 4.79 Å². The predicted molar refractivity (Wildman–Crippen MR) is 66.1 cm³/mol. The fourth-order valence-corrected chi connectivity index (χ4v) is 1.99. The van der Waals surface area contributed by atoms with Crippen LogP contribution in [0.15, 0.2) is 24.3 Å². The number of para-hydroxylation sites is 1. The zero-order chi connectivity index (χ0) is 12.3. The molecule has 1 aromatic rings. The fraction of sp³-hybridized carbons (Fsp3) is 0.462. The first-order chi connectivity index (χ1) is 8.14. The van der Waals surface area contributed by atoms with Gasteiger partial charge in [0.05, 0.1) is 12.7 Å². The Kier molecular flexibility index (Phi) is 3.33. The van der Waals surface area contributed by atoms with Crippen molar-refractivity contribution in [3.8, 4) is 5.75 Å². The number of ether oxygens (including phenoxy) is 1. The van der Waals surface area contributed by atoms with Gasteiger partial charge < -0.3 is 15.8 Å². The molecular formula is C13H18N2O2. The third-order valence-corrected chi connectivity index (χ3v) is 3.30. The molecule has 1 aromatic carbocycles. The fourth-order valence-electron chi connectivity index (χ4n) is 1.99. The average Bonchev–Trinajstić information content (AvgIpc) is 2.33. The summed E-state index contributed by atoms with van der Waals surface area (Å²) in [5, 5.41) is 2.87. The number of rotatable bonds is 4. The van der Waals surface area contributed by atoms with Crippen molar-refractivity contribution in [2.24, 2.45) is 5.73 Å². The summed E-state index contributed by atoms with van der Waals surface area (Å²) < 4.78 is 5.15. The Morgan fingerprint density at radius 3 is 2.76 bits per heavy atom. The Morgan fingerprint density at radius 1 is 1.47 bits per heavy atom. The number of methoxy groups -OCH3 is 1. The molecule has 17 heavy (non-hydrogen) atoms. The zero-order valence-corrected chi connectivity index (χ0v) is 10.0. The second kappa shape index (κ2) is 4.75. The molecule has 0 saturated heterocycles. The molecule has 4 nitrogen and oxygen atoms in total. The van der Waals surface area contributed by atoms with Crippen LogP contribution in [-0.4, -0.2) is 25.1 Å². The van der Waals surface area contributed by atoms with E-state index in [4.69, 9.17) is 10.5 Å². The smallest absolute Gasteiger partial charge is 0.255 e. The Labute approximate surface area is 101 Å². The van der Waals surface area contributed by atoms with Crippen LogP contribution in [0.2, 0.25) is 0 Å². The molecule has 4 heteroatoms. The monoisotopic (exact) mass is 234 g/mol. The van der Waals surface area contributed by atoms with Crippen LogP contribution in [0.5, 0.6) is 5.75 Å². The minimum atomic E-state index is -0.197. The van der Waals surface area contributed by atoms with Gasteiger partial charge in [-0.05, 0) is 31.4 Å². The van der Waals surface area contributed by atoms with Crippen molar-refractivity contribution in [2.75, 3.05) is 13.7 Å². The summed E-state index contributed by atoms with van der Waals surface area (Å²) in [7, 11) is 1.56. The number of benzene rings is 1. The van der Waals surface area contributed by atoms with Crippen molar-refractivity contribution >= 4 is 5.91 Å². The van der Waals surface area contributed by atoms with E-state index in [-0.39, 0.29) is 11.4 Å². The molecule has 0 spiro atoms. The minimum Gasteiger partial charge on any atom is -0.496 e. The molecule has 0 bridgehead atoms. The molecule has 2 rings (SSSR count). The van der Waals surface area contributed by atoms with Gasteiger partial charge in [-0.1, -0.05) is 12.1 Å². The molecule has 0 radical (unpaired) electrons. The third-order valence-electron chi connectivity index (χ3n) is 3.30. The lowest BCUT2D eigenvalue weighted by Gasteiger charge is -2.38. The molecule has 92 valence electrons. The van der Waals surface area contributed by atoms with E-state index in [0.717, 1.165) is 19.3 Å². The van der Waals surface area contributed by atoms with Gasteiger partial charge in [0, 0.05) is 12.1 Å². The number of carbonyl (C=O) groups excluding carboxylic acids is 1. The van der Waals surface area contributed by atoms with Gasteiger partial charge in [-0.2, -0.15) is 0 Å². The summed E-state index contributed by atoms with van der Waals surface area (Å²) in [6, 6.07) is 7.18. The minimum absolute atomic E-state index is 0.126. The number of amides is 1. The van der Waals surface area contributed by atoms with E-state index in [1.165, 1.54) is 0 Å². The van der Waals surface area contributed by atoms with E-state index in [1.807, 2.05) is 12.1 Å². The molecule has 1 fully saturated rings. The van der Waals surface area contributed by atoms with Gasteiger partial charge in [0.1, 0.15) is 5.75 Å². The standard InChI is InChI=1S/C13H18N2O2/c1-17-11-6-3-2-5-10(11)12(16)15-9-13(14)7-4-8-13/h2-3,5-6H,4,7-9,14H2,1H3,(H,15,16). The van der Waals surface area contributed by atoms with E-state index >= 15 is 0 Å². The number of nitrogens with two attached hydrogens (primary N) is 1. The van der Waals surface area contributed by atoms with Gasteiger partial charge in [-0.25, -0.2) is 0 Å². The summed E-state index contributed by atoms with van der Waals surface area (Å²) in [5.74, 6) is 0.462. The van der Waals surface area contributed by atoms with Gasteiger partial charge >= 0.3 is 0 Å². The summed E-state index contributed by atoms with van der Waals surface area (Å²) in [6.07, 6.45) is 3.12. The van der Waals surface area contributed by atoms with Gasteiger partial charge in [-0.15, -0.1) is 0 Å². The van der Waals surface area contributed by atoms with Crippen molar-refractivity contribution < 1.29 is 9.53 Å². The highest BCUT2D eigenvalue weighted by molar-refractivity contribution is 5.96. The second-order valence-electron chi connectivity index (χ2n) is 4.60. The SMILES string of the molecule is COc1ccccc1C(=O)NCC1(N)CCC1. The van der Waals surface area contributed by atoms with E-state index in [9.17, 15) is 4.79 Å². The number of carbonyl (C=O) groups is 1. The molecule has 0 aliphatic heterocycles. The third kappa shape index (κ3) is 2.58. The van der Waals surface area contributed by atoms with Crippen LogP contribution in [0.3, 0.4) is 0 Å². The quantitative estimate of drug-likeness (QED) is 0.825. The summed E-state index contributed by atoms with van der Waals surface area (Å²) in [5.41, 5.74) is 6.41. The Hall–Kier alpha value is -1.55. The summed E-state index contributed by atoms with van der Waals surface area (Å²) in [4.78, 5) is 12.0. The van der Waals surface area contributed by atoms with Crippen LogP contribution in [0.4, 0.5) is 0 Å². The van der Waals surface area contributed by atoms with E-state index in [1.54, 1.807) is 19.2 Å². The van der Waals surface area contributed by atoms with Crippen LogP contribution in [0.25, 0.3) is 0 Å². The normalized spacial score (nSPS) is 17.1. The van der Waals surface area contributed by atoms with Crippen LogP contribution in [-0.2, 0) is 0 Å². The molecule has 1 aliphatic carbocycles. The van der Waals surface area contributed by atoms with Crippen molar-refractivity contribution in [1.82, 2.24) is 5.32 Å². The maximum atomic E-state index is 12.0. The van der Waals surface area contributed by atoms with Crippen LogP contribution < -0.4 is 15.8 Å². The first-order valence-corrected chi connectivity index (χ1v) is 5.85. The van der Waals surface area contributed by atoms with E-state index in [2.05, 4.69) is 5.32 Å². The Bertz CT molecular complexity index is 414. The Balaban J connectivity index is 1.99. The molecule has 1 saturated carbocycles. The first kappa shape index (κ1) is 11.9.